The van der Waals surface area contributed by atoms with Crippen molar-refractivity contribution in [2.75, 3.05) is 17.7 Å². The first-order valence-corrected chi connectivity index (χ1v) is 8.24. The molecule has 0 spiro atoms. The molecule has 0 fully saturated rings. The largest absolute Gasteiger partial charge is 0.465 e. The molecule has 0 aliphatic heterocycles. The van der Waals surface area contributed by atoms with Crippen LogP contribution in [0.4, 0.5) is 16.2 Å². The van der Waals surface area contributed by atoms with Gasteiger partial charge in [0.15, 0.2) is 0 Å². The normalized spacial score (nSPS) is 9.96. The van der Waals surface area contributed by atoms with Crippen molar-refractivity contribution in [1.29, 1.82) is 0 Å². The number of hydrogen-bond acceptors (Lipinski definition) is 4. The Hall–Kier alpha value is -3.80. The van der Waals surface area contributed by atoms with E-state index in [2.05, 4.69) is 10.6 Å². The number of anilines is 2. The zero-order chi connectivity index (χ0) is 19.1. The summed E-state index contributed by atoms with van der Waals surface area (Å²) >= 11 is 0. The molecule has 0 saturated carbocycles. The monoisotopic (exact) mass is 362 g/mol. The predicted molar refractivity (Wildman–Crippen MR) is 103 cm³/mol. The summed E-state index contributed by atoms with van der Waals surface area (Å²) in [5.74, 6) is 0.361. The van der Waals surface area contributed by atoms with E-state index in [0.717, 1.165) is 0 Å². The molecular weight excluding hydrogens is 344 g/mol. The summed E-state index contributed by atoms with van der Waals surface area (Å²) in [6.45, 7) is 0. The van der Waals surface area contributed by atoms with Crippen molar-refractivity contribution in [3.05, 3.63) is 84.4 Å². The van der Waals surface area contributed by atoms with E-state index in [1.54, 1.807) is 36.4 Å². The molecule has 0 unspecified atom stereocenters. The summed E-state index contributed by atoms with van der Waals surface area (Å²) in [4.78, 5) is 24.3. The lowest BCUT2D eigenvalue weighted by molar-refractivity contribution is 0.0598. The average molecular weight is 362 g/mol. The first kappa shape index (κ1) is 18.0. The standard InChI is InChI=1S/C21H18N2O4/c1-26-20(24)18-14-16(23-21(25)22-15-8-4-2-5-9-15)12-13-19(18)27-17-10-6-3-7-11-17/h2-14H,1H3,(H2,22,23,25). The molecule has 6 nitrogen and oxygen atoms in total. The van der Waals surface area contributed by atoms with Gasteiger partial charge in [0.1, 0.15) is 17.1 Å². The van der Waals surface area contributed by atoms with E-state index in [-0.39, 0.29) is 5.56 Å². The van der Waals surface area contributed by atoms with Gasteiger partial charge in [-0.25, -0.2) is 9.59 Å². The zero-order valence-corrected chi connectivity index (χ0v) is 14.6. The molecule has 0 atom stereocenters. The molecule has 136 valence electrons. The van der Waals surface area contributed by atoms with Gasteiger partial charge in [-0.05, 0) is 42.5 Å². The molecule has 0 saturated heterocycles. The van der Waals surface area contributed by atoms with E-state index >= 15 is 0 Å². The lowest BCUT2D eigenvalue weighted by Crippen LogP contribution is -2.19. The van der Waals surface area contributed by atoms with Gasteiger partial charge in [0.05, 0.1) is 7.11 Å². The minimum Gasteiger partial charge on any atom is -0.465 e. The first-order chi connectivity index (χ1) is 13.2. The van der Waals surface area contributed by atoms with Crippen LogP contribution in [-0.2, 0) is 4.74 Å². The highest BCUT2D eigenvalue weighted by Crippen LogP contribution is 2.28. The smallest absolute Gasteiger partial charge is 0.341 e. The third-order valence-corrected chi connectivity index (χ3v) is 3.65. The molecule has 2 N–H and O–H groups in total. The Morgan fingerprint density at radius 3 is 2.07 bits per heavy atom. The maximum atomic E-state index is 12.1. The number of urea groups is 1. The van der Waals surface area contributed by atoms with Crippen LogP contribution in [0.2, 0.25) is 0 Å². The number of rotatable bonds is 5. The number of ether oxygens (including phenoxy) is 2. The van der Waals surface area contributed by atoms with Crippen LogP contribution in [0.25, 0.3) is 0 Å². The minimum atomic E-state index is -0.562. The molecule has 3 aromatic carbocycles. The zero-order valence-electron chi connectivity index (χ0n) is 14.6. The van der Waals surface area contributed by atoms with E-state index in [9.17, 15) is 9.59 Å². The average Bonchev–Trinajstić information content (AvgIpc) is 2.70. The van der Waals surface area contributed by atoms with Crippen molar-refractivity contribution in [2.45, 2.75) is 0 Å². The van der Waals surface area contributed by atoms with Crippen molar-refractivity contribution < 1.29 is 19.1 Å². The van der Waals surface area contributed by atoms with Crippen LogP contribution in [0.5, 0.6) is 11.5 Å². The number of hydrogen-bond donors (Lipinski definition) is 2. The van der Waals surface area contributed by atoms with Crippen molar-refractivity contribution in [3.8, 4) is 11.5 Å². The minimum absolute atomic E-state index is 0.207. The van der Waals surface area contributed by atoms with Crippen molar-refractivity contribution in [2.24, 2.45) is 0 Å². The van der Waals surface area contributed by atoms with Crippen LogP contribution >= 0.6 is 0 Å². The number of carbonyl (C=O) groups is 2. The van der Waals surface area contributed by atoms with Gasteiger partial charge in [-0.1, -0.05) is 36.4 Å². The molecule has 0 heterocycles. The highest BCUT2D eigenvalue weighted by Gasteiger charge is 2.16. The highest BCUT2D eigenvalue weighted by molar-refractivity contribution is 6.01. The van der Waals surface area contributed by atoms with Gasteiger partial charge >= 0.3 is 12.0 Å². The Labute approximate surface area is 156 Å². The molecule has 27 heavy (non-hydrogen) atoms. The van der Waals surface area contributed by atoms with Crippen molar-refractivity contribution in [3.63, 3.8) is 0 Å². The molecule has 3 rings (SSSR count). The van der Waals surface area contributed by atoms with E-state index in [1.165, 1.54) is 13.2 Å². The summed E-state index contributed by atoms with van der Waals surface area (Å²) in [5.41, 5.74) is 1.30. The summed E-state index contributed by atoms with van der Waals surface area (Å²) in [6, 6.07) is 22.5. The van der Waals surface area contributed by atoms with E-state index in [1.807, 2.05) is 36.4 Å². The third-order valence-electron chi connectivity index (χ3n) is 3.65. The summed E-state index contributed by atoms with van der Waals surface area (Å²) in [6.07, 6.45) is 0. The van der Waals surface area contributed by atoms with Gasteiger partial charge < -0.3 is 20.1 Å². The van der Waals surface area contributed by atoms with E-state index in [0.29, 0.717) is 22.9 Å². The van der Waals surface area contributed by atoms with Crippen molar-refractivity contribution >= 4 is 23.4 Å². The SMILES string of the molecule is COC(=O)c1cc(NC(=O)Nc2ccccc2)ccc1Oc1ccccc1. The number of nitrogens with one attached hydrogen (secondary N) is 2. The maximum Gasteiger partial charge on any atom is 0.341 e. The maximum absolute atomic E-state index is 12.1. The Kier molecular flexibility index (Phi) is 5.69. The van der Waals surface area contributed by atoms with Crippen molar-refractivity contribution in [1.82, 2.24) is 0 Å². The van der Waals surface area contributed by atoms with Gasteiger partial charge in [0, 0.05) is 11.4 Å². The molecule has 3 aromatic rings. The number of carbonyl (C=O) groups excluding carboxylic acids is 2. The van der Waals surface area contributed by atoms with Gasteiger partial charge in [0.2, 0.25) is 0 Å². The quantitative estimate of drug-likeness (QED) is 0.632. The van der Waals surface area contributed by atoms with Gasteiger partial charge in [-0.3, -0.25) is 0 Å². The number of benzene rings is 3. The number of para-hydroxylation sites is 2. The Bertz CT molecular complexity index is 927. The molecule has 0 aliphatic rings. The Morgan fingerprint density at radius 1 is 0.778 bits per heavy atom. The third kappa shape index (κ3) is 4.85. The fourth-order valence-electron chi connectivity index (χ4n) is 2.40. The Morgan fingerprint density at radius 2 is 1.41 bits per heavy atom. The van der Waals surface area contributed by atoms with Crippen LogP contribution in [-0.4, -0.2) is 19.1 Å². The van der Waals surface area contributed by atoms with Crippen LogP contribution < -0.4 is 15.4 Å². The summed E-state index contributed by atoms with van der Waals surface area (Å²) < 4.78 is 10.6. The molecule has 0 aliphatic carbocycles. The second-order valence-electron chi connectivity index (χ2n) is 5.56. The van der Waals surface area contributed by atoms with Gasteiger partial charge in [-0.2, -0.15) is 0 Å². The summed E-state index contributed by atoms with van der Waals surface area (Å²) in [7, 11) is 1.29. The molecule has 0 radical (unpaired) electrons. The number of methoxy groups -OCH3 is 1. The van der Waals surface area contributed by atoms with Crippen LogP contribution in [0.3, 0.4) is 0 Å². The lowest BCUT2D eigenvalue weighted by atomic mass is 10.1. The molecule has 6 heteroatoms. The number of amides is 2. The van der Waals surface area contributed by atoms with Gasteiger partial charge in [0.25, 0.3) is 0 Å². The van der Waals surface area contributed by atoms with E-state index in [4.69, 9.17) is 9.47 Å². The van der Waals surface area contributed by atoms with Crippen LogP contribution in [0.1, 0.15) is 10.4 Å². The lowest BCUT2D eigenvalue weighted by Gasteiger charge is -2.13. The summed E-state index contributed by atoms with van der Waals surface area (Å²) in [5, 5.41) is 5.40. The number of esters is 1. The fraction of sp³-hybridized carbons (Fsp3) is 0.0476. The first-order valence-electron chi connectivity index (χ1n) is 8.24. The van der Waals surface area contributed by atoms with Crippen LogP contribution in [0, 0.1) is 0 Å². The molecule has 0 bridgehead atoms. The topological polar surface area (TPSA) is 76.7 Å². The molecule has 2 amide bonds. The highest BCUT2D eigenvalue weighted by atomic mass is 16.5. The molecular formula is C21H18N2O4. The van der Waals surface area contributed by atoms with Gasteiger partial charge in [-0.15, -0.1) is 0 Å². The van der Waals surface area contributed by atoms with Crippen LogP contribution in [0.15, 0.2) is 78.9 Å². The van der Waals surface area contributed by atoms with E-state index < -0.39 is 12.0 Å². The molecule has 0 aromatic heterocycles. The fourth-order valence-corrected chi connectivity index (χ4v) is 2.40. The Balaban J connectivity index is 1.78. The predicted octanol–water partition coefficient (Wildman–Crippen LogP) is 4.91. The second kappa shape index (κ2) is 8.53. The second-order valence-corrected chi connectivity index (χ2v) is 5.56.